The molecule has 1 rings (SSSR count). The van der Waals surface area contributed by atoms with Crippen molar-refractivity contribution in [1.82, 2.24) is 0 Å². The molecule has 1 aromatic rings. The van der Waals surface area contributed by atoms with E-state index in [1.54, 1.807) is 18.2 Å². The average molecular weight is 289 g/mol. The first-order valence-electron chi connectivity index (χ1n) is 6.09. The molecule has 1 aromatic carbocycles. The minimum absolute atomic E-state index is 0.0353. The molecule has 0 aromatic heterocycles. The molecule has 0 atom stereocenters. The quantitative estimate of drug-likeness (QED) is 0.749. The van der Waals surface area contributed by atoms with Gasteiger partial charge in [-0.3, -0.25) is 4.79 Å². The summed E-state index contributed by atoms with van der Waals surface area (Å²) in [7, 11) is 0. The van der Waals surface area contributed by atoms with Crippen molar-refractivity contribution < 1.29 is 4.79 Å². The third-order valence-electron chi connectivity index (χ3n) is 2.58. The van der Waals surface area contributed by atoms with Crippen LogP contribution in [-0.2, 0) is 4.79 Å². The van der Waals surface area contributed by atoms with E-state index in [1.165, 1.54) is 0 Å². The van der Waals surface area contributed by atoms with Crippen molar-refractivity contribution in [3.05, 3.63) is 28.2 Å². The molecule has 1 amide bonds. The number of carbonyl (C=O) groups excluding carboxylic acids is 1. The minimum Gasteiger partial charge on any atom is -0.330 e. The molecule has 0 saturated carbocycles. The van der Waals surface area contributed by atoms with Crippen LogP contribution in [0.4, 0.5) is 5.69 Å². The van der Waals surface area contributed by atoms with Gasteiger partial charge in [0.15, 0.2) is 0 Å². The molecule has 0 bridgehead atoms. The van der Waals surface area contributed by atoms with E-state index in [1.807, 2.05) is 0 Å². The van der Waals surface area contributed by atoms with Crippen molar-refractivity contribution in [2.24, 2.45) is 5.73 Å². The van der Waals surface area contributed by atoms with E-state index >= 15 is 0 Å². The van der Waals surface area contributed by atoms with Crippen LogP contribution >= 0.6 is 23.2 Å². The van der Waals surface area contributed by atoms with Crippen LogP contribution < -0.4 is 11.1 Å². The molecule has 100 valence electrons. The highest BCUT2D eigenvalue weighted by molar-refractivity contribution is 6.43. The van der Waals surface area contributed by atoms with Gasteiger partial charge in [-0.05, 0) is 31.5 Å². The summed E-state index contributed by atoms with van der Waals surface area (Å²) in [4.78, 5) is 11.7. The Morgan fingerprint density at radius 1 is 1.17 bits per heavy atom. The minimum atomic E-state index is -0.0353. The number of hydrogen-bond donors (Lipinski definition) is 2. The maximum absolute atomic E-state index is 11.7. The maximum atomic E-state index is 11.7. The van der Waals surface area contributed by atoms with Gasteiger partial charge in [0.2, 0.25) is 5.91 Å². The van der Waals surface area contributed by atoms with Gasteiger partial charge in [-0.2, -0.15) is 0 Å². The zero-order chi connectivity index (χ0) is 13.4. The molecule has 3 nitrogen and oxygen atoms in total. The molecule has 0 spiro atoms. The van der Waals surface area contributed by atoms with Gasteiger partial charge in [0.1, 0.15) is 0 Å². The summed E-state index contributed by atoms with van der Waals surface area (Å²) in [5, 5.41) is 3.59. The largest absolute Gasteiger partial charge is 0.330 e. The molecule has 0 heterocycles. The van der Waals surface area contributed by atoms with Crippen molar-refractivity contribution in [2.75, 3.05) is 11.9 Å². The SMILES string of the molecule is NCCCCCCC(=O)Nc1cccc(Cl)c1Cl. The third-order valence-corrected chi connectivity index (χ3v) is 3.40. The number of anilines is 1. The predicted octanol–water partition coefficient (Wildman–Crippen LogP) is 3.84. The summed E-state index contributed by atoms with van der Waals surface area (Å²) in [5.74, 6) is -0.0353. The van der Waals surface area contributed by atoms with Crippen molar-refractivity contribution in [3.63, 3.8) is 0 Å². The highest BCUT2D eigenvalue weighted by atomic mass is 35.5. The number of rotatable bonds is 7. The second-order valence-electron chi connectivity index (χ2n) is 4.10. The van der Waals surface area contributed by atoms with Gasteiger partial charge in [0.25, 0.3) is 0 Å². The molecule has 0 aliphatic heterocycles. The Labute approximate surface area is 118 Å². The van der Waals surface area contributed by atoms with E-state index in [0.29, 0.717) is 28.7 Å². The molecule has 5 heteroatoms. The van der Waals surface area contributed by atoms with E-state index < -0.39 is 0 Å². The van der Waals surface area contributed by atoms with Crippen molar-refractivity contribution in [2.45, 2.75) is 32.1 Å². The second kappa shape index (κ2) is 8.35. The number of nitrogens with two attached hydrogens (primary N) is 1. The lowest BCUT2D eigenvalue weighted by Gasteiger charge is -2.08. The van der Waals surface area contributed by atoms with E-state index in [0.717, 1.165) is 25.7 Å². The summed E-state index contributed by atoms with van der Waals surface area (Å²) < 4.78 is 0. The Balaban J connectivity index is 2.34. The van der Waals surface area contributed by atoms with Gasteiger partial charge in [0, 0.05) is 6.42 Å². The van der Waals surface area contributed by atoms with E-state index in [9.17, 15) is 4.79 Å². The Morgan fingerprint density at radius 3 is 2.61 bits per heavy atom. The van der Waals surface area contributed by atoms with Crippen LogP contribution in [0.1, 0.15) is 32.1 Å². The van der Waals surface area contributed by atoms with Crippen LogP contribution in [0.25, 0.3) is 0 Å². The Bertz CT molecular complexity index is 397. The fraction of sp³-hybridized carbons (Fsp3) is 0.462. The number of benzene rings is 1. The first-order valence-corrected chi connectivity index (χ1v) is 6.84. The van der Waals surface area contributed by atoms with E-state index in [4.69, 9.17) is 28.9 Å². The summed E-state index contributed by atoms with van der Waals surface area (Å²) in [5.41, 5.74) is 5.96. The molecular weight excluding hydrogens is 271 g/mol. The number of carbonyl (C=O) groups is 1. The standard InChI is InChI=1S/C13H18Cl2N2O/c14-10-6-5-7-11(13(10)15)17-12(18)8-3-1-2-4-9-16/h5-7H,1-4,8-9,16H2,(H,17,18). The number of unbranched alkanes of at least 4 members (excludes halogenated alkanes) is 3. The average Bonchev–Trinajstić information content (AvgIpc) is 2.35. The van der Waals surface area contributed by atoms with Crippen LogP contribution in [0.2, 0.25) is 10.0 Å². The fourth-order valence-electron chi connectivity index (χ4n) is 1.60. The van der Waals surface area contributed by atoms with Crippen LogP contribution in [-0.4, -0.2) is 12.5 Å². The van der Waals surface area contributed by atoms with Crippen molar-refractivity contribution >= 4 is 34.8 Å². The van der Waals surface area contributed by atoms with E-state index in [-0.39, 0.29) is 5.91 Å². The molecule has 0 unspecified atom stereocenters. The van der Waals surface area contributed by atoms with Crippen molar-refractivity contribution in [3.8, 4) is 0 Å². The van der Waals surface area contributed by atoms with Crippen molar-refractivity contribution in [1.29, 1.82) is 0 Å². The van der Waals surface area contributed by atoms with E-state index in [2.05, 4.69) is 5.32 Å². The molecule has 3 N–H and O–H groups in total. The fourth-order valence-corrected chi connectivity index (χ4v) is 1.94. The molecule has 0 radical (unpaired) electrons. The van der Waals surface area contributed by atoms with Crippen LogP contribution in [0, 0.1) is 0 Å². The molecule has 0 aliphatic rings. The number of nitrogens with one attached hydrogen (secondary N) is 1. The molecule has 0 aliphatic carbocycles. The third kappa shape index (κ3) is 5.25. The van der Waals surface area contributed by atoms with Gasteiger partial charge < -0.3 is 11.1 Å². The lowest BCUT2D eigenvalue weighted by molar-refractivity contribution is -0.116. The first-order chi connectivity index (χ1) is 8.65. The normalized spacial score (nSPS) is 10.4. The summed E-state index contributed by atoms with van der Waals surface area (Å²) >= 11 is 11.8. The molecule has 0 fully saturated rings. The highest BCUT2D eigenvalue weighted by Gasteiger charge is 2.07. The Kier molecular flexibility index (Phi) is 7.09. The van der Waals surface area contributed by atoms with Crippen LogP contribution in [0.3, 0.4) is 0 Å². The number of hydrogen-bond acceptors (Lipinski definition) is 2. The lowest BCUT2D eigenvalue weighted by atomic mass is 10.1. The van der Waals surface area contributed by atoms with Gasteiger partial charge >= 0.3 is 0 Å². The summed E-state index contributed by atoms with van der Waals surface area (Å²) in [6, 6.07) is 5.18. The molecule has 0 saturated heterocycles. The van der Waals surface area contributed by atoms with Gasteiger partial charge in [-0.25, -0.2) is 0 Å². The number of amides is 1. The Morgan fingerprint density at radius 2 is 1.89 bits per heavy atom. The summed E-state index contributed by atoms with van der Waals surface area (Å²) in [6.45, 7) is 0.713. The molecule has 18 heavy (non-hydrogen) atoms. The second-order valence-corrected chi connectivity index (χ2v) is 4.89. The molecular formula is C13H18Cl2N2O. The monoisotopic (exact) mass is 288 g/mol. The smallest absolute Gasteiger partial charge is 0.224 e. The summed E-state index contributed by atoms with van der Waals surface area (Å²) in [6.07, 6.45) is 4.47. The van der Waals surface area contributed by atoms with Gasteiger partial charge in [-0.1, -0.05) is 42.1 Å². The van der Waals surface area contributed by atoms with Crippen LogP contribution in [0.5, 0.6) is 0 Å². The zero-order valence-corrected chi connectivity index (χ0v) is 11.7. The maximum Gasteiger partial charge on any atom is 0.224 e. The lowest BCUT2D eigenvalue weighted by Crippen LogP contribution is -2.11. The van der Waals surface area contributed by atoms with Gasteiger partial charge in [0.05, 0.1) is 15.7 Å². The highest BCUT2D eigenvalue weighted by Crippen LogP contribution is 2.29. The predicted molar refractivity (Wildman–Crippen MR) is 77.2 cm³/mol. The Hall–Kier alpha value is -0.770. The zero-order valence-electron chi connectivity index (χ0n) is 10.2. The number of halogens is 2. The first kappa shape index (κ1) is 15.3. The van der Waals surface area contributed by atoms with Gasteiger partial charge in [-0.15, -0.1) is 0 Å². The topological polar surface area (TPSA) is 55.1 Å². The van der Waals surface area contributed by atoms with Crippen LogP contribution in [0.15, 0.2) is 18.2 Å².